The molecular weight excluding hydrogens is 622 g/mol. The molecule has 13 heteroatoms. The van der Waals surface area contributed by atoms with Crippen LogP contribution in [0.25, 0.3) is 33.4 Å². The number of carbonyl (C=O) groups is 1. The van der Waals surface area contributed by atoms with E-state index in [-0.39, 0.29) is 17.6 Å². The van der Waals surface area contributed by atoms with Crippen molar-refractivity contribution in [3.8, 4) is 22.4 Å². The predicted molar refractivity (Wildman–Crippen MR) is 178 cm³/mol. The van der Waals surface area contributed by atoms with E-state index >= 15 is 0 Å². The first-order valence-corrected chi connectivity index (χ1v) is 15.9. The molecule has 2 aromatic carbocycles. The maximum absolute atomic E-state index is 13.5. The second-order valence-corrected chi connectivity index (χ2v) is 13.5. The molecule has 2 N–H and O–H groups in total. The van der Waals surface area contributed by atoms with Gasteiger partial charge in [0, 0.05) is 49.4 Å². The van der Waals surface area contributed by atoms with Crippen LogP contribution in [0.4, 0.5) is 4.79 Å². The number of halogens is 1. The third-order valence-electron chi connectivity index (χ3n) is 8.34. The Kier molecular flexibility index (Phi) is 8.93. The van der Waals surface area contributed by atoms with E-state index in [0.29, 0.717) is 55.3 Å². The number of fused-ring (bicyclic) bond motifs is 1. The van der Waals surface area contributed by atoms with Gasteiger partial charge in [0.25, 0.3) is 5.56 Å². The van der Waals surface area contributed by atoms with E-state index in [4.69, 9.17) is 20.9 Å². The number of likely N-dealkylation sites (tertiary alicyclic amines) is 1. The number of hydrogen-bond acceptors (Lipinski definition) is 9. The first-order valence-electron chi connectivity index (χ1n) is 15.5. The van der Waals surface area contributed by atoms with Gasteiger partial charge in [0.15, 0.2) is 5.52 Å². The molecule has 4 heterocycles. The topological polar surface area (TPSA) is 141 Å². The number of rotatable bonds is 8. The van der Waals surface area contributed by atoms with Crippen LogP contribution in [0.3, 0.4) is 0 Å². The average molecular weight is 660 g/mol. The molecule has 1 aliphatic heterocycles. The van der Waals surface area contributed by atoms with Gasteiger partial charge >= 0.3 is 6.09 Å². The number of nitrogens with one attached hydrogen (secondary N) is 1. The van der Waals surface area contributed by atoms with Crippen molar-refractivity contribution in [3.63, 3.8) is 0 Å². The van der Waals surface area contributed by atoms with Crippen LogP contribution in [-0.4, -0.2) is 64.9 Å². The van der Waals surface area contributed by atoms with Gasteiger partial charge in [0.2, 0.25) is 0 Å². The normalized spacial score (nSPS) is 15.2. The van der Waals surface area contributed by atoms with Crippen molar-refractivity contribution in [2.45, 2.75) is 64.4 Å². The molecule has 47 heavy (non-hydrogen) atoms. The molecule has 1 fully saturated rings. The van der Waals surface area contributed by atoms with E-state index in [1.54, 1.807) is 24.2 Å². The van der Waals surface area contributed by atoms with E-state index in [0.717, 1.165) is 27.8 Å². The molecule has 0 radical (unpaired) electrons. The molecule has 6 rings (SSSR count). The summed E-state index contributed by atoms with van der Waals surface area (Å²) in [5.74, 6) is 0. The molecule has 0 aliphatic carbocycles. The lowest BCUT2D eigenvalue weighted by atomic mass is 9.91. The molecule has 0 atom stereocenters. The Bertz CT molecular complexity index is 1940. The minimum absolute atomic E-state index is 0.127. The van der Waals surface area contributed by atoms with Crippen molar-refractivity contribution in [1.82, 2.24) is 34.7 Å². The number of benzene rings is 2. The molecule has 246 valence electrons. The van der Waals surface area contributed by atoms with E-state index < -0.39 is 17.3 Å². The molecule has 0 spiro atoms. The second-order valence-electron chi connectivity index (χ2n) is 13.1. The lowest BCUT2D eigenvalue weighted by molar-refractivity contribution is -0.0364. The lowest BCUT2D eigenvalue weighted by Crippen LogP contribution is -2.47. The molecule has 5 aromatic rings. The van der Waals surface area contributed by atoms with E-state index in [1.807, 2.05) is 63.2 Å². The molecule has 1 saturated heterocycles. The predicted octanol–water partition coefficient (Wildman–Crippen LogP) is 5.16. The summed E-state index contributed by atoms with van der Waals surface area (Å²) < 4.78 is 13.3. The number of aliphatic hydroxyl groups is 1. The van der Waals surface area contributed by atoms with Crippen LogP contribution in [0.2, 0.25) is 5.02 Å². The van der Waals surface area contributed by atoms with Gasteiger partial charge < -0.3 is 19.7 Å². The van der Waals surface area contributed by atoms with Crippen molar-refractivity contribution in [2.75, 3.05) is 13.1 Å². The lowest BCUT2D eigenvalue weighted by Gasteiger charge is -2.38. The first kappa shape index (κ1) is 32.4. The van der Waals surface area contributed by atoms with Gasteiger partial charge in [-0.1, -0.05) is 53.2 Å². The van der Waals surface area contributed by atoms with Gasteiger partial charge in [0.05, 0.1) is 30.4 Å². The number of amides is 1. The SMILES string of the molecule is Cn1nc2c(=O)n(CC3(O)CCN(Cc4ccc(-c5cnoc5)cc4Cl)CC3)cnc2c1-c1ccc(CNC(=O)OC(C)(C)C)cc1. The zero-order valence-electron chi connectivity index (χ0n) is 26.9. The quantitative estimate of drug-likeness (QED) is 0.231. The second kappa shape index (κ2) is 12.9. The number of nitrogens with zero attached hydrogens (tertiary/aromatic N) is 6. The summed E-state index contributed by atoms with van der Waals surface area (Å²) in [5.41, 5.74) is 4.04. The van der Waals surface area contributed by atoms with Crippen molar-refractivity contribution in [3.05, 3.63) is 87.8 Å². The highest BCUT2D eigenvalue weighted by Gasteiger charge is 2.33. The Morgan fingerprint density at radius 2 is 1.81 bits per heavy atom. The van der Waals surface area contributed by atoms with Crippen molar-refractivity contribution < 1.29 is 19.2 Å². The van der Waals surface area contributed by atoms with Crippen LogP contribution in [0.5, 0.6) is 0 Å². The fraction of sp³-hybridized carbons (Fsp3) is 0.382. The number of carbonyl (C=O) groups excluding carboxylic acids is 1. The summed E-state index contributed by atoms with van der Waals surface area (Å²) in [5, 5.41) is 23.2. The van der Waals surface area contributed by atoms with Crippen LogP contribution in [0.1, 0.15) is 44.7 Å². The monoisotopic (exact) mass is 659 g/mol. The minimum atomic E-state index is -1.06. The van der Waals surface area contributed by atoms with Gasteiger partial charge in [-0.3, -0.25) is 18.9 Å². The van der Waals surface area contributed by atoms with Crippen LogP contribution < -0.4 is 10.9 Å². The molecule has 12 nitrogen and oxygen atoms in total. The summed E-state index contributed by atoms with van der Waals surface area (Å²) in [6, 6.07) is 13.5. The molecule has 0 saturated carbocycles. The molecular formula is C34H38ClN7O5. The van der Waals surface area contributed by atoms with Crippen LogP contribution >= 0.6 is 11.6 Å². The summed E-state index contributed by atoms with van der Waals surface area (Å²) in [4.78, 5) is 32.4. The maximum Gasteiger partial charge on any atom is 0.407 e. The Morgan fingerprint density at radius 3 is 2.47 bits per heavy atom. The Labute approximate surface area is 276 Å². The molecule has 1 amide bonds. The van der Waals surface area contributed by atoms with Crippen LogP contribution in [-0.2, 0) is 31.4 Å². The highest BCUT2D eigenvalue weighted by Crippen LogP contribution is 2.30. The highest BCUT2D eigenvalue weighted by atomic mass is 35.5. The van der Waals surface area contributed by atoms with E-state index in [1.165, 1.54) is 10.9 Å². The Hall–Kier alpha value is -4.52. The van der Waals surface area contributed by atoms with Crippen molar-refractivity contribution in [2.24, 2.45) is 7.05 Å². The molecule has 3 aromatic heterocycles. The maximum atomic E-state index is 13.5. The fourth-order valence-electron chi connectivity index (χ4n) is 5.85. The molecule has 0 bridgehead atoms. The van der Waals surface area contributed by atoms with Crippen LogP contribution in [0.15, 0.2) is 70.6 Å². The Morgan fingerprint density at radius 1 is 1.09 bits per heavy atom. The largest absolute Gasteiger partial charge is 0.444 e. The van der Waals surface area contributed by atoms with Gasteiger partial charge in [0.1, 0.15) is 17.4 Å². The number of piperidine rings is 1. The van der Waals surface area contributed by atoms with Gasteiger partial charge in [-0.2, -0.15) is 5.10 Å². The molecule has 1 aliphatic rings. The van der Waals surface area contributed by atoms with E-state index in [2.05, 4.69) is 25.5 Å². The average Bonchev–Trinajstić information content (AvgIpc) is 3.68. The molecule has 0 unspecified atom stereocenters. The smallest absolute Gasteiger partial charge is 0.407 e. The first-order chi connectivity index (χ1) is 22.4. The Balaban J connectivity index is 1.10. The van der Waals surface area contributed by atoms with Gasteiger partial charge in [-0.05, 0) is 56.4 Å². The minimum Gasteiger partial charge on any atom is -0.444 e. The number of aromatic nitrogens is 5. The number of aryl methyl sites for hydroxylation is 1. The van der Waals surface area contributed by atoms with Crippen molar-refractivity contribution in [1.29, 1.82) is 0 Å². The van der Waals surface area contributed by atoms with Gasteiger partial charge in [-0.25, -0.2) is 9.78 Å². The van der Waals surface area contributed by atoms with Crippen molar-refractivity contribution >= 4 is 28.7 Å². The standard InChI is InChI=1S/C34H38ClN7O5/c1-33(2,3)47-32(44)36-16-22-5-7-23(8-6-22)30-28-29(39-40(30)4)31(43)42(21-37-28)20-34(45)11-13-41(14-12-34)18-25-10-9-24(15-27(25)35)26-17-38-46-19-26/h5-10,15,17,19,21,45H,11-14,16,18,20H2,1-4H3,(H,36,44). The summed E-state index contributed by atoms with van der Waals surface area (Å²) in [6.45, 7) is 7.85. The fourth-order valence-corrected chi connectivity index (χ4v) is 6.09. The van der Waals surface area contributed by atoms with Crippen LogP contribution in [0, 0.1) is 0 Å². The highest BCUT2D eigenvalue weighted by molar-refractivity contribution is 6.31. The third-order valence-corrected chi connectivity index (χ3v) is 8.69. The van der Waals surface area contributed by atoms with Gasteiger partial charge in [-0.15, -0.1) is 0 Å². The van der Waals surface area contributed by atoms with E-state index in [9.17, 15) is 14.7 Å². The zero-order chi connectivity index (χ0) is 33.3. The number of alkyl carbamates (subject to hydrolysis) is 1. The summed E-state index contributed by atoms with van der Waals surface area (Å²) in [7, 11) is 1.77. The number of hydrogen-bond donors (Lipinski definition) is 2. The number of ether oxygens (including phenoxy) is 1. The third kappa shape index (κ3) is 7.40. The zero-order valence-corrected chi connectivity index (χ0v) is 27.6. The summed E-state index contributed by atoms with van der Waals surface area (Å²) in [6.07, 6.45) is 5.24. The summed E-state index contributed by atoms with van der Waals surface area (Å²) >= 11 is 6.60.